The Kier molecular flexibility index (Phi) is 8.35. The van der Waals surface area contributed by atoms with Crippen molar-refractivity contribution in [2.75, 3.05) is 24.4 Å². The third-order valence-corrected chi connectivity index (χ3v) is 4.96. The van der Waals surface area contributed by atoms with Gasteiger partial charge in [0.25, 0.3) is 17.5 Å². The van der Waals surface area contributed by atoms with Crippen molar-refractivity contribution in [1.82, 2.24) is 0 Å². The fourth-order valence-corrected chi connectivity index (χ4v) is 3.15. The number of aryl methyl sites for hydroxylation is 1. The lowest BCUT2D eigenvalue weighted by molar-refractivity contribution is -0.384. The molecule has 36 heavy (non-hydrogen) atoms. The molecule has 0 aliphatic carbocycles. The first-order valence-electron chi connectivity index (χ1n) is 10.6. The minimum atomic E-state index is -0.731. The first-order valence-corrected chi connectivity index (χ1v) is 10.6. The molecule has 0 heterocycles. The van der Waals surface area contributed by atoms with Crippen LogP contribution in [0.15, 0.2) is 72.3 Å². The maximum absolute atomic E-state index is 12.5. The van der Waals surface area contributed by atoms with Gasteiger partial charge in [0.1, 0.15) is 11.6 Å². The van der Waals surface area contributed by atoms with Crippen LogP contribution in [0, 0.1) is 28.4 Å². The van der Waals surface area contributed by atoms with Gasteiger partial charge in [0.05, 0.1) is 12.0 Å². The van der Waals surface area contributed by atoms with Crippen molar-refractivity contribution >= 4 is 35.0 Å². The molecule has 0 aliphatic heterocycles. The smallest absolute Gasteiger partial charge is 0.271 e. The van der Waals surface area contributed by atoms with E-state index in [-0.39, 0.29) is 29.5 Å². The van der Waals surface area contributed by atoms with Gasteiger partial charge in [-0.2, -0.15) is 5.26 Å². The Labute approximate surface area is 206 Å². The molecule has 3 aromatic rings. The molecule has 182 valence electrons. The predicted molar refractivity (Wildman–Crippen MR) is 134 cm³/mol. The number of hydrogen-bond acceptors (Lipinski definition) is 7. The van der Waals surface area contributed by atoms with Crippen LogP contribution in [-0.4, -0.2) is 30.5 Å². The van der Waals surface area contributed by atoms with Crippen molar-refractivity contribution < 1.29 is 24.0 Å². The second-order valence-electron chi connectivity index (χ2n) is 7.49. The average molecular weight is 486 g/mol. The number of nitriles is 1. The van der Waals surface area contributed by atoms with Gasteiger partial charge in [-0.05, 0) is 48.4 Å². The van der Waals surface area contributed by atoms with Gasteiger partial charge in [0.15, 0.2) is 18.1 Å². The second-order valence-corrected chi connectivity index (χ2v) is 7.49. The van der Waals surface area contributed by atoms with Gasteiger partial charge in [-0.1, -0.05) is 30.3 Å². The Bertz CT molecular complexity index is 1380. The van der Waals surface area contributed by atoms with Gasteiger partial charge in [0, 0.05) is 23.5 Å². The average Bonchev–Trinajstić information content (AvgIpc) is 2.87. The first kappa shape index (κ1) is 25.5. The summed E-state index contributed by atoms with van der Waals surface area (Å²) in [5.41, 5.74) is 1.83. The van der Waals surface area contributed by atoms with Crippen LogP contribution in [0.4, 0.5) is 17.1 Å². The molecule has 3 rings (SSSR count). The lowest BCUT2D eigenvalue weighted by Crippen LogP contribution is -2.20. The molecule has 0 radical (unpaired) electrons. The molecule has 3 aromatic carbocycles. The highest BCUT2D eigenvalue weighted by molar-refractivity contribution is 6.09. The van der Waals surface area contributed by atoms with Gasteiger partial charge in [-0.25, -0.2) is 0 Å². The highest BCUT2D eigenvalue weighted by atomic mass is 16.6. The van der Waals surface area contributed by atoms with Gasteiger partial charge in [0.2, 0.25) is 0 Å². The molecule has 0 saturated carbocycles. The Hall–Kier alpha value is -5.17. The van der Waals surface area contributed by atoms with Gasteiger partial charge >= 0.3 is 0 Å². The standard InChI is InChI=1S/C26H22N4O6/c1-17-6-3-4-9-22(17)29-25(31)16-36-23-11-10-18(13-24(23)35-2)12-19(15-27)26(32)28-20-7-5-8-21(14-20)30(33)34/h3-14H,16H2,1-2H3,(H,28,32)(H,29,31)/b19-12-. The molecule has 0 bridgehead atoms. The summed E-state index contributed by atoms with van der Waals surface area (Å²) in [5.74, 6) is -0.483. The van der Waals surface area contributed by atoms with E-state index < -0.39 is 10.8 Å². The third-order valence-electron chi connectivity index (χ3n) is 4.96. The molecule has 0 aromatic heterocycles. The molecule has 2 amide bonds. The fourth-order valence-electron chi connectivity index (χ4n) is 3.15. The van der Waals surface area contributed by atoms with Crippen molar-refractivity contribution in [2.45, 2.75) is 6.92 Å². The zero-order valence-corrected chi connectivity index (χ0v) is 19.5. The predicted octanol–water partition coefficient (Wildman–Crippen LogP) is 4.48. The molecule has 0 fully saturated rings. The van der Waals surface area contributed by atoms with Crippen molar-refractivity contribution in [3.8, 4) is 17.6 Å². The lowest BCUT2D eigenvalue weighted by Gasteiger charge is -2.12. The zero-order chi connectivity index (χ0) is 26.1. The maximum atomic E-state index is 12.5. The number of carbonyl (C=O) groups is 2. The Morgan fingerprint density at radius 2 is 1.83 bits per heavy atom. The monoisotopic (exact) mass is 486 g/mol. The normalized spacial score (nSPS) is 10.6. The number of carbonyl (C=O) groups excluding carboxylic acids is 2. The lowest BCUT2D eigenvalue weighted by atomic mass is 10.1. The van der Waals surface area contributed by atoms with Crippen LogP contribution in [0.25, 0.3) is 6.08 Å². The number of benzene rings is 3. The summed E-state index contributed by atoms with van der Waals surface area (Å²) in [6, 6.07) is 19.3. The molecule has 0 atom stereocenters. The fraction of sp³-hybridized carbons (Fsp3) is 0.115. The van der Waals surface area contributed by atoms with E-state index in [4.69, 9.17) is 9.47 Å². The number of nitrogens with zero attached hydrogens (tertiary/aromatic N) is 2. The van der Waals surface area contributed by atoms with E-state index in [1.165, 1.54) is 37.5 Å². The van der Waals surface area contributed by atoms with E-state index in [0.717, 1.165) is 5.56 Å². The van der Waals surface area contributed by atoms with Crippen LogP contribution in [0.3, 0.4) is 0 Å². The Morgan fingerprint density at radius 1 is 1.06 bits per heavy atom. The summed E-state index contributed by atoms with van der Waals surface area (Å²) in [6.07, 6.45) is 1.34. The van der Waals surface area contributed by atoms with Crippen LogP contribution in [0.1, 0.15) is 11.1 Å². The van der Waals surface area contributed by atoms with Crippen molar-refractivity contribution in [2.24, 2.45) is 0 Å². The third kappa shape index (κ3) is 6.68. The Morgan fingerprint density at radius 3 is 2.53 bits per heavy atom. The van der Waals surface area contributed by atoms with Gasteiger partial charge < -0.3 is 20.1 Å². The molecule has 0 aliphatic rings. The van der Waals surface area contributed by atoms with E-state index in [9.17, 15) is 25.0 Å². The largest absolute Gasteiger partial charge is 0.493 e. The number of hydrogen-bond donors (Lipinski definition) is 2. The zero-order valence-electron chi connectivity index (χ0n) is 19.5. The van der Waals surface area contributed by atoms with E-state index >= 15 is 0 Å². The molecule has 0 saturated heterocycles. The highest BCUT2D eigenvalue weighted by Crippen LogP contribution is 2.29. The van der Waals surface area contributed by atoms with E-state index in [1.807, 2.05) is 31.2 Å². The number of anilines is 2. The molecule has 2 N–H and O–H groups in total. The summed E-state index contributed by atoms with van der Waals surface area (Å²) in [4.78, 5) is 35.1. The van der Waals surface area contributed by atoms with Gasteiger partial charge in [-0.15, -0.1) is 0 Å². The molecular weight excluding hydrogens is 464 g/mol. The summed E-state index contributed by atoms with van der Waals surface area (Å²) < 4.78 is 10.9. The number of amides is 2. The SMILES string of the molecule is COc1cc(/C=C(/C#N)C(=O)Nc2cccc([N+](=O)[O-])c2)ccc1OCC(=O)Nc1ccccc1C. The number of methoxy groups -OCH3 is 1. The summed E-state index contributed by atoms with van der Waals surface area (Å²) in [5, 5.41) is 25.6. The van der Waals surface area contributed by atoms with E-state index in [2.05, 4.69) is 10.6 Å². The van der Waals surface area contributed by atoms with Crippen LogP contribution in [0.2, 0.25) is 0 Å². The summed E-state index contributed by atoms with van der Waals surface area (Å²) >= 11 is 0. The van der Waals surface area contributed by atoms with Crippen molar-refractivity contribution in [3.63, 3.8) is 0 Å². The van der Waals surface area contributed by atoms with Gasteiger partial charge in [-0.3, -0.25) is 19.7 Å². The van der Waals surface area contributed by atoms with Crippen molar-refractivity contribution in [1.29, 1.82) is 5.26 Å². The van der Waals surface area contributed by atoms with Crippen LogP contribution < -0.4 is 20.1 Å². The highest BCUT2D eigenvalue weighted by Gasteiger charge is 2.14. The second kappa shape index (κ2) is 11.8. The molecule has 10 nitrogen and oxygen atoms in total. The topological polar surface area (TPSA) is 144 Å². The molecule has 10 heteroatoms. The number of nitro groups is 1. The molecule has 0 unspecified atom stereocenters. The number of rotatable bonds is 9. The van der Waals surface area contributed by atoms with Crippen LogP contribution in [0.5, 0.6) is 11.5 Å². The first-order chi connectivity index (χ1) is 17.3. The summed E-state index contributed by atoms with van der Waals surface area (Å²) in [6.45, 7) is 1.63. The van der Waals surface area contributed by atoms with Crippen LogP contribution in [-0.2, 0) is 9.59 Å². The minimum Gasteiger partial charge on any atom is -0.493 e. The number of non-ortho nitro benzene ring substituents is 1. The quantitative estimate of drug-likeness (QED) is 0.196. The van der Waals surface area contributed by atoms with Crippen molar-refractivity contribution in [3.05, 3.63) is 93.5 Å². The number of para-hydroxylation sites is 1. The number of nitrogens with one attached hydrogen (secondary N) is 2. The molecule has 0 spiro atoms. The van der Waals surface area contributed by atoms with E-state index in [1.54, 1.807) is 24.3 Å². The number of ether oxygens (including phenoxy) is 2. The Balaban J connectivity index is 1.69. The minimum absolute atomic E-state index is 0.181. The van der Waals surface area contributed by atoms with E-state index in [0.29, 0.717) is 22.7 Å². The number of nitro benzene ring substituents is 1. The van der Waals surface area contributed by atoms with Crippen LogP contribution >= 0.6 is 0 Å². The maximum Gasteiger partial charge on any atom is 0.271 e. The molecular formula is C26H22N4O6. The summed E-state index contributed by atoms with van der Waals surface area (Å²) in [7, 11) is 1.42.